The lowest BCUT2D eigenvalue weighted by atomic mass is 9.75. The molecule has 0 heterocycles. The SMILES string of the molecule is C/C(=C\c1ccccc1)C(O)(c1ccccc1)C(C)CCN(C)C. The van der Waals surface area contributed by atoms with Crippen molar-refractivity contribution in [2.45, 2.75) is 25.9 Å². The molecule has 2 rings (SSSR count). The first-order valence-electron chi connectivity index (χ1n) is 8.61. The van der Waals surface area contributed by atoms with E-state index in [0.717, 1.165) is 29.7 Å². The molecule has 0 fully saturated rings. The molecule has 0 aromatic heterocycles. The van der Waals surface area contributed by atoms with E-state index in [4.69, 9.17) is 0 Å². The van der Waals surface area contributed by atoms with Crippen LogP contribution in [-0.4, -0.2) is 30.6 Å². The van der Waals surface area contributed by atoms with Gasteiger partial charge in [0.25, 0.3) is 0 Å². The fourth-order valence-corrected chi connectivity index (χ4v) is 3.16. The third-order valence-corrected chi connectivity index (χ3v) is 4.72. The van der Waals surface area contributed by atoms with Crippen molar-refractivity contribution in [3.05, 3.63) is 77.4 Å². The van der Waals surface area contributed by atoms with E-state index in [9.17, 15) is 5.11 Å². The molecule has 2 heteroatoms. The minimum absolute atomic E-state index is 0.113. The molecule has 0 aliphatic heterocycles. The smallest absolute Gasteiger partial charge is 0.113 e. The molecule has 24 heavy (non-hydrogen) atoms. The summed E-state index contributed by atoms with van der Waals surface area (Å²) in [6, 6.07) is 20.2. The van der Waals surface area contributed by atoms with Gasteiger partial charge in [-0.25, -0.2) is 0 Å². The predicted molar refractivity (Wildman–Crippen MR) is 103 cm³/mol. The van der Waals surface area contributed by atoms with E-state index >= 15 is 0 Å². The van der Waals surface area contributed by atoms with Gasteiger partial charge in [-0.3, -0.25) is 0 Å². The van der Waals surface area contributed by atoms with Gasteiger partial charge in [0, 0.05) is 0 Å². The van der Waals surface area contributed by atoms with Crippen molar-refractivity contribution in [3.63, 3.8) is 0 Å². The topological polar surface area (TPSA) is 23.5 Å². The monoisotopic (exact) mass is 323 g/mol. The lowest BCUT2D eigenvalue weighted by Crippen LogP contribution is -2.36. The number of hydrogen-bond acceptors (Lipinski definition) is 2. The number of nitrogens with zero attached hydrogens (tertiary/aromatic N) is 1. The Bertz CT molecular complexity index is 648. The molecule has 1 N–H and O–H groups in total. The van der Waals surface area contributed by atoms with Crippen LogP contribution in [0.2, 0.25) is 0 Å². The van der Waals surface area contributed by atoms with Gasteiger partial charge in [0.05, 0.1) is 0 Å². The molecular weight excluding hydrogens is 294 g/mol. The van der Waals surface area contributed by atoms with Crippen LogP contribution in [0.15, 0.2) is 66.2 Å². The van der Waals surface area contributed by atoms with Gasteiger partial charge in [0.1, 0.15) is 5.60 Å². The Hall–Kier alpha value is -1.90. The van der Waals surface area contributed by atoms with Crippen LogP contribution >= 0.6 is 0 Å². The van der Waals surface area contributed by atoms with E-state index < -0.39 is 5.60 Å². The van der Waals surface area contributed by atoms with Crippen molar-refractivity contribution in [3.8, 4) is 0 Å². The first-order chi connectivity index (χ1) is 11.4. The first kappa shape index (κ1) is 18.4. The Kier molecular flexibility index (Phi) is 6.36. The van der Waals surface area contributed by atoms with E-state index in [1.807, 2.05) is 55.5 Å². The lowest BCUT2D eigenvalue weighted by Gasteiger charge is -2.36. The Morgan fingerprint density at radius 1 is 1.04 bits per heavy atom. The van der Waals surface area contributed by atoms with Crippen molar-refractivity contribution in [2.75, 3.05) is 20.6 Å². The number of rotatable bonds is 7. The van der Waals surface area contributed by atoms with Crippen molar-refractivity contribution < 1.29 is 5.11 Å². The highest BCUT2D eigenvalue weighted by Gasteiger charge is 2.37. The van der Waals surface area contributed by atoms with Gasteiger partial charge in [0.15, 0.2) is 0 Å². The average molecular weight is 323 g/mol. The van der Waals surface area contributed by atoms with Crippen LogP contribution in [0, 0.1) is 5.92 Å². The van der Waals surface area contributed by atoms with Gasteiger partial charge in [0.2, 0.25) is 0 Å². The summed E-state index contributed by atoms with van der Waals surface area (Å²) in [5, 5.41) is 11.7. The fourth-order valence-electron chi connectivity index (χ4n) is 3.16. The van der Waals surface area contributed by atoms with Gasteiger partial charge in [-0.1, -0.05) is 73.7 Å². The number of aliphatic hydroxyl groups is 1. The Morgan fingerprint density at radius 3 is 2.12 bits per heavy atom. The van der Waals surface area contributed by atoms with E-state index in [2.05, 4.69) is 44.1 Å². The van der Waals surface area contributed by atoms with Crippen LogP contribution in [0.3, 0.4) is 0 Å². The minimum Gasteiger partial charge on any atom is -0.380 e. The Balaban J connectivity index is 2.41. The molecule has 128 valence electrons. The van der Waals surface area contributed by atoms with Gasteiger partial charge >= 0.3 is 0 Å². The summed E-state index contributed by atoms with van der Waals surface area (Å²) in [5.74, 6) is 0.113. The molecule has 2 atom stereocenters. The maximum absolute atomic E-state index is 11.7. The quantitative estimate of drug-likeness (QED) is 0.807. The standard InChI is InChI=1S/C22H29NO/c1-18(15-16-23(3)4)22(24,21-13-9-6-10-14-21)19(2)17-20-11-7-5-8-12-20/h5-14,17-18,24H,15-16H2,1-4H3/b19-17+. The van der Waals surface area contributed by atoms with Crippen LogP contribution in [0.1, 0.15) is 31.4 Å². The number of benzene rings is 2. The van der Waals surface area contributed by atoms with E-state index in [0.29, 0.717) is 0 Å². The van der Waals surface area contributed by atoms with Gasteiger partial charge in [-0.15, -0.1) is 0 Å². The second-order valence-electron chi connectivity index (χ2n) is 6.86. The zero-order chi connectivity index (χ0) is 17.6. The summed E-state index contributed by atoms with van der Waals surface area (Å²) < 4.78 is 0. The van der Waals surface area contributed by atoms with Crippen LogP contribution in [0.4, 0.5) is 0 Å². The van der Waals surface area contributed by atoms with Crippen LogP contribution in [0.5, 0.6) is 0 Å². The van der Waals surface area contributed by atoms with Crippen LogP contribution < -0.4 is 0 Å². The molecule has 0 saturated heterocycles. The zero-order valence-corrected chi connectivity index (χ0v) is 15.2. The molecule has 2 nitrogen and oxygen atoms in total. The molecule has 0 amide bonds. The zero-order valence-electron chi connectivity index (χ0n) is 15.2. The molecule has 0 bridgehead atoms. The summed E-state index contributed by atoms with van der Waals surface area (Å²) in [7, 11) is 4.14. The summed E-state index contributed by atoms with van der Waals surface area (Å²) in [4.78, 5) is 2.16. The molecular formula is C22H29NO. The molecule has 2 aromatic carbocycles. The molecule has 0 saturated carbocycles. The van der Waals surface area contributed by atoms with Gasteiger partial charge in [-0.05, 0) is 56.6 Å². The second-order valence-corrected chi connectivity index (χ2v) is 6.86. The predicted octanol–water partition coefficient (Wildman–Crippen LogP) is 4.57. The minimum atomic E-state index is -0.965. The first-order valence-corrected chi connectivity index (χ1v) is 8.61. The molecule has 2 unspecified atom stereocenters. The van der Waals surface area contributed by atoms with Crippen molar-refractivity contribution in [1.82, 2.24) is 4.90 Å². The fraction of sp³-hybridized carbons (Fsp3) is 0.364. The average Bonchev–Trinajstić information content (AvgIpc) is 2.60. The summed E-state index contributed by atoms with van der Waals surface area (Å²) in [5.41, 5.74) is 2.09. The second kappa shape index (κ2) is 8.27. The Labute approximate surface area is 146 Å². The highest BCUT2D eigenvalue weighted by atomic mass is 16.3. The molecule has 0 radical (unpaired) electrons. The number of hydrogen-bond donors (Lipinski definition) is 1. The van der Waals surface area contributed by atoms with Crippen molar-refractivity contribution in [1.29, 1.82) is 0 Å². The maximum Gasteiger partial charge on any atom is 0.113 e. The lowest BCUT2D eigenvalue weighted by molar-refractivity contribution is 0.0146. The van der Waals surface area contributed by atoms with E-state index in [1.165, 1.54) is 0 Å². The maximum atomic E-state index is 11.7. The highest BCUT2D eigenvalue weighted by molar-refractivity contribution is 5.56. The summed E-state index contributed by atoms with van der Waals surface area (Å²) in [6.07, 6.45) is 3.03. The third kappa shape index (κ3) is 4.34. The van der Waals surface area contributed by atoms with E-state index in [1.54, 1.807) is 0 Å². The largest absolute Gasteiger partial charge is 0.380 e. The molecule has 2 aromatic rings. The van der Waals surface area contributed by atoms with Crippen molar-refractivity contribution in [2.24, 2.45) is 5.92 Å². The summed E-state index contributed by atoms with van der Waals surface area (Å²) in [6.45, 7) is 5.12. The van der Waals surface area contributed by atoms with Crippen molar-refractivity contribution >= 4 is 6.08 Å². The van der Waals surface area contributed by atoms with Gasteiger partial charge < -0.3 is 10.0 Å². The van der Waals surface area contributed by atoms with E-state index in [-0.39, 0.29) is 5.92 Å². The molecule has 0 aliphatic carbocycles. The van der Waals surface area contributed by atoms with Gasteiger partial charge in [-0.2, -0.15) is 0 Å². The Morgan fingerprint density at radius 2 is 1.58 bits per heavy atom. The normalized spacial score (nSPS) is 16.0. The molecule has 0 aliphatic rings. The highest BCUT2D eigenvalue weighted by Crippen LogP contribution is 2.39. The molecule has 0 spiro atoms. The third-order valence-electron chi connectivity index (χ3n) is 4.72. The van der Waals surface area contributed by atoms with Crippen LogP contribution in [-0.2, 0) is 5.60 Å². The van der Waals surface area contributed by atoms with Crippen LogP contribution in [0.25, 0.3) is 6.08 Å². The summed E-state index contributed by atoms with van der Waals surface area (Å²) >= 11 is 0.